The lowest BCUT2D eigenvalue weighted by Gasteiger charge is -2.34. The molecule has 0 spiro atoms. The number of carbonyl (C=O) groups excluding carboxylic acids is 2. The van der Waals surface area contributed by atoms with Crippen LogP contribution in [-0.4, -0.2) is 25.4 Å². The van der Waals surface area contributed by atoms with Crippen molar-refractivity contribution in [2.24, 2.45) is 11.7 Å². The molecular formula is C14H19N3O2. The lowest BCUT2D eigenvalue weighted by Crippen LogP contribution is -2.34. The molecule has 5 nitrogen and oxygen atoms in total. The van der Waals surface area contributed by atoms with E-state index >= 15 is 0 Å². The van der Waals surface area contributed by atoms with Crippen molar-refractivity contribution < 1.29 is 9.59 Å². The molecule has 1 fully saturated rings. The van der Waals surface area contributed by atoms with Gasteiger partial charge in [-0.15, -0.1) is 0 Å². The fourth-order valence-electron chi connectivity index (χ4n) is 2.55. The first-order valence-electron chi connectivity index (χ1n) is 6.51. The average molecular weight is 261 g/mol. The van der Waals surface area contributed by atoms with Crippen molar-refractivity contribution in [1.82, 2.24) is 0 Å². The quantitative estimate of drug-likeness (QED) is 0.808. The largest absolute Gasteiger partial charge is 0.370 e. The highest BCUT2D eigenvalue weighted by Gasteiger charge is 2.19. The van der Waals surface area contributed by atoms with Crippen LogP contribution in [0.4, 0.5) is 11.4 Å². The highest BCUT2D eigenvalue weighted by atomic mass is 16.1. The molecular weight excluding hydrogens is 242 g/mol. The van der Waals surface area contributed by atoms with Crippen LogP contribution in [0.15, 0.2) is 18.2 Å². The molecule has 1 saturated heterocycles. The van der Waals surface area contributed by atoms with Gasteiger partial charge in [0.15, 0.2) is 0 Å². The Labute approximate surface area is 112 Å². The van der Waals surface area contributed by atoms with Crippen LogP contribution in [-0.2, 0) is 4.79 Å². The molecule has 0 saturated carbocycles. The molecule has 1 aliphatic rings. The minimum Gasteiger partial charge on any atom is -0.370 e. The predicted octanol–water partition coefficient (Wildman–Crippen LogP) is 1.59. The summed E-state index contributed by atoms with van der Waals surface area (Å²) in [6.07, 6.45) is 2.99. The van der Waals surface area contributed by atoms with E-state index in [1.165, 1.54) is 6.42 Å². The first-order valence-corrected chi connectivity index (χ1v) is 6.51. The van der Waals surface area contributed by atoms with Gasteiger partial charge in [-0.25, -0.2) is 0 Å². The Morgan fingerprint density at radius 3 is 2.95 bits per heavy atom. The van der Waals surface area contributed by atoms with E-state index in [1.807, 2.05) is 6.07 Å². The maximum atomic E-state index is 11.2. The molecule has 2 rings (SSSR count). The van der Waals surface area contributed by atoms with Crippen LogP contribution in [0.2, 0.25) is 0 Å². The number of benzene rings is 1. The number of nitrogens with zero attached hydrogens (tertiary/aromatic N) is 1. The number of rotatable bonds is 4. The van der Waals surface area contributed by atoms with Gasteiger partial charge in [0.1, 0.15) is 0 Å². The van der Waals surface area contributed by atoms with Gasteiger partial charge >= 0.3 is 0 Å². The SMILES string of the molecule is CC1CCCN(c2ccc(C(N)=O)cc2NC=O)C1. The Kier molecular flexibility index (Phi) is 4.04. The molecule has 0 aliphatic carbocycles. The van der Waals surface area contributed by atoms with E-state index in [-0.39, 0.29) is 0 Å². The number of primary amides is 1. The number of nitrogens with two attached hydrogens (primary N) is 1. The summed E-state index contributed by atoms with van der Waals surface area (Å²) in [5.41, 5.74) is 7.25. The van der Waals surface area contributed by atoms with Crippen molar-refractivity contribution in [2.45, 2.75) is 19.8 Å². The number of piperidine rings is 1. The van der Waals surface area contributed by atoms with Gasteiger partial charge in [-0.1, -0.05) is 6.92 Å². The van der Waals surface area contributed by atoms with Gasteiger partial charge in [-0.3, -0.25) is 9.59 Å². The summed E-state index contributed by atoms with van der Waals surface area (Å²) in [4.78, 5) is 24.1. The van der Waals surface area contributed by atoms with Crippen LogP contribution in [0.3, 0.4) is 0 Å². The lowest BCUT2D eigenvalue weighted by molar-refractivity contribution is -0.105. The van der Waals surface area contributed by atoms with E-state index < -0.39 is 5.91 Å². The molecule has 102 valence electrons. The van der Waals surface area contributed by atoms with Gasteiger partial charge in [0.05, 0.1) is 11.4 Å². The van der Waals surface area contributed by atoms with E-state index in [4.69, 9.17) is 5.73 Å². The second-order valence-corrected chi connectivity index (χ2v) is 5.05. The average Bonchev–Trinajstić information content (AvgIpc) is 2.39. The summed E-state index contributed by atoms with van der Waals surface area (Å²) in [6.45, 7) is 4.15. The minimum atomic E-state index is -0.493. The van der Waals surface area contributed by atoms with E-state index in [1.54, 1.807) is 12.1 Å². The molecule has 0 aromatic heterocycles. The highest BCUT2D eigenvalue weighted by molar-refractivity contribution is 5.96. The topological polar surface area (TPSA) is 75.4 Å². The molecule has 1 aromatic rings. The zero-order valence-corrected chi connectivity index (χ0v) is 11.1. The maximum Gasteiger partial charge on any atom is 0.248 e. The Morgan fingerprint density at radius 1 is 1.53 bits per heavy atom. The molecule has 1 unspecified atom stereocenters. The molecule has 1 aliphatic heterocycles. The summed E-state index contributed by atoms with van der Waals surface area (Å²) in [5, 5.41) is 2.65. The Hall–Kier alpha value is -2.04. The molecule has 19 heavy (non-hydrogen) atoms. The van der Waals surface area contributed by atoms with Crippen LogP contribution in [0.1, 0.15) is 30.1 Å². The van der Waals surface area contributed by atoms with Crippen molar-refractivity contribution in [2.75, 3.05) is 23.3 Å². The lowest BCUT2D eigenvalue weighted by atomic mass is 9.99. The normalized spacial score (nSPS) is 19.0. The highest BCUT2D eigenvalue weighted by Crippen LogP contribution is 2.30. The summed E-state index contributed by atoms with van der Waals surface area (Å²) >= 11 is 0. The monoisotopic (exact) mass is 261 g/mol. The number of nitrogens with one attached hydrogen (secondary N) is 1. The number of amides is 2. The second kappa shape index (κ2) is 5.73. The van der Waals surface area contributed by atoms with Gasteiger partial charge in [0, 0.05) is 18.7 Å². The van der Waals surface area contributed by atoms with E-state index in [9.17, 15) is 9.59 Å². The molecule has 1 atom stereocenters. The zero-order chi connectivity index (χ0) is 13.8. The predicted molar refractivity (Wildman–Crippen MR) is 75.3 cm³/mol. The Balaban J connectivity index is 2.32. The van der Waals surface area contributed by atoms with Crippen LogP contribution >= 0.6 is 0 Å². The van der Waals surface area contributed by atoms with Gasteiger partial charge in [0.25, 0.3) is 0 Å². The van der Waals surface area contributed by atoms with Crippen LogP contribution in [0.25, 0.3) is 0 Å². The fourth-order valence-corrected chi connectivity index (χ4v) is 2.55. The van der Waals surface area contributed by atoms with Gasteiger partial charge in [0.2, 0.25) is 12.3 Å². The number of carbonyl (C=O) groups is 2. The second-order valence-electron chi connectivity index (χ2n) is 5.05. The molecule has 1 heterocycles. The standard InChI is InChI=1S/C14H19N3O2/c1-10-3-2-6-17(8-10)13-5-4-11(14(15)19)7-12(13)16-9-18/h4-5,7,9-10H,2-3,6,8H2,1H3,(H2,15,19)(H,16,18). The van der Waals surface area contributed by atoms with Crippen molar-refractivity contribution in [3.63, 3.8) is 0 Å². The van der Waals surface area contributed by atoms with E-state index in [0.29, 0.717) is 23.6 Å². The van der Waals surface area contributed by atoms with Gasteiger partial charge in [-0.2, -0.15) is 0 Å². The van der Waals surface area contributed by atoms with E-state index in [0.717, 1.165) is 25.2 Å². The summed E-state index contributed by atoms with van der Waals surface area (Å²) in [6, 6.07) is 5.18. The molecule has 5 heteroatoms. The summed E-state index contributed by atoms with van der Waals surface area (Å²) in [7, 11) is 0. The summed E-state index contributed by atoms with van der Waals surface area (Å²) in [5.74, 6) is 0.140. The smallest absolute Gasteiger partial charge is 0.248 e. The third kappa shape index (κ3) is 3.05. The summed E-state index contributed by atoms with van der Waals surface area (Å²) < 4.78 is 0. The van der Waals surface area contributed by atoms with Crippen molar-refractivity contribution in [3.8, 4) is 0 Å². The third-order valence-electron chi connectivity index (χ3n) is 3.49. The minimum absolute atomic E-state index is 0.401. The van der Waals surface area contributed by atoms with Crippen LogP contribution < -0.4 is 16.0 Å². The molecule has 0 bridgehead atoms. The first kappa shape index (κ1) is 13.4. The number of hydrogen-bond donors (Lipinski definition) is 2. The number of hydrogen-bond acceptors (Lipinski definition) is 3. The first-order chi connectivity index (χ1) is 9.11. The van der Waals surface area contributed by atoms with Crippen molar-refractivity contribution in [3.05, 3.63) is 23.8 Å². The van der Waals surface area contributed by atoms with Crippen molar-refractivity contribution >= 4 is 23.7 Å². The number of anilines is 2. The Morgan fingerprint density at radius 2 is 2.32 bits per heavy atom. The molecule has 3 N–H and O–H groups in total. The maximum absolute atomic E-state index is 11.2. The fraction of sp³-hybridized carbons (Fsp3) is 0.429. The molecule has 0 radical (unpaired) electrons. The van der Waals surface area contributed by atoms with Crippen molar-refractivity contribution in [1.29, 1.82) is 0 Å². The Bertz CT molecular complexity index is 488. The van der Waals surface area contributed by atoms with Gasteiger partial charge < -0.3 is 16.0 Å². The van der Waals surface area contributed by atoms with Gasteiger partial charge in [-0.05, 0) is 37.0 Å². The molecule has 2 amide bonds. The van der Waals surface area contributed by atoms with Crippen LogP contribution in [0, 0.1) is 5.92 Å². The molecule has 1 aromatic carbocycles. The van der Waals surface area contributed by atoms with Crippen LogP contribution in [0.5, 0.6) is 0 Å². The third-order valence-corrected chi connectivity index (χ3v) is 3.49. The zero-order valence-electron chi connectivity index (χ0n) is 11.1. The van der Waals surface area contributed by atoms with E-state index in [2.05, 4.69) is 17.1 Å².